The van der Waals surface area contributed by atoms with Crippen LogP contribution in [0.4, 0.5) is 14.7 Å². The number of aromatic nitrogens is 4. The van der Waals surface area contributed by atoms with Gasteiger partial charge in [0.05, 0.1) is 0 Å². The van der Waals surface area contributed by atoms with Crippen LogP contribution in [0, 0.1) is 11.6 Å². The lowest BCUT2D eigenvalue weighted by molar-refractivity contribution is 0.169. The average molecular weight is 389 g/mol. The third-order valence-electron chi connectivity index (χ3n) is 4.46. The van der Waals surface area contributed by atoms with Crippen LogP contribution >= 0.6 is 0 Å². The summed E-state index contributed by atoms with van der Waals surface area (Å²) in [5.41, 5.74) is 0.177. The Morgan fingerprint density at radius 2 is 1.86 bits per heavy atom. The summed E-state index contributed by atoms with van der Waals surface area (Å²) in [5, 5.41) is 8.06. The Kier molecular flexibility index (Phi) is 4.76. The Hall–Kier alpha value is -3.30. The Morgan fingerprint density at radius 1 is 1.14 bits per heavy atom. The molecule has 0 radical (unpaired) electrons. The molecule has 1 aromatic carbocycles. The minimum atomic E-state index is -0.668. The minimum absolute atomic E-state index is 0.158. The van der Waals surface area contributed by atoms with Crippen molar-refractivity contribution in [3.8, 4) is 17.3 Å². The molecule has 1 saturated heterocycles. The first-order chi connectivity index (χ1) is 13.5. The van der Waals surface area contributed by atoms with Crippen molar-refractivity contribution in [2.75, 3.05) is 18.0 Å². The lowest BCUT2D eigenvalue weighted by Gasteiger charge is -2.31. The van der Waals surface area contributed by atoms with Gasteiger partial charge in [-0.3, -0.25) is 4.79 Å². The number of nitrogens with zero attached hydrogens (tertiary/aromatic N) is 5. The predicted molar refractivity (Wildman–Crippen MR) is 95.0 cm³/mol. The Bertz CT molecular complexity index is 1020. The average Bonchev–Trinajstić information content (AvgIpc) is 3.14. The molecule has 28 heavy (non-hydrogen) atoms. The highest BCUT2D eigenvalue weighted by Gasteiger charge is 2.24. The fourth-order valence-corrected chi connectivity index (χ4v) is 3.03. The van der Waals surface area contributed by atoms with Crippen molar-refractivity contribution in [2.45, 2.75) is 18.9 Å². The molecule has 10 heteroatoms. The first-order valence-electron chi connectivity index (χ1n) is 8.74. The molecular formula is C18H17F2N5O3. The van der Waals surface area contributed by atoms with Crippen LogP contribution < -0.4 is 15.2 Å². The van der Waals surface area contributed by atoms with E-state index in [1.165, 1.54) is 28.9 Å². The zero-order valence-electron chi connectivity index (χ0n) is 15.0. The minimum Gasteiger partial charge on any atom is -0.490 e. The van der Waals surface area contributed by atoms with Crippen LogP contribution in [0.15, 0.2) is 39.6 Å². The van der Waals surface area contributed by atoms with Crippen LogP contribution in [-0.4, -0.2) is 39.1 Å². The second-order valence-electron chi connectivity index (χ2n) is 6.49. The van der Waals surface area contributed by atoms with E-state index in [4.69, 9.17) is 9.26 Å². The van der Waals surface area contributed by atoms with E-state index in [2.05, 4.69) is 15.2 Å². The molecule has 0 unspecified atom stereocenters. The van der Waals surface area contributed by atoms with E-state index in [-0.39, 0.29) is 23.3 Å². The van der Waals surface area contributed by atoms with Gasteiger partial charge in [0.15, 0.2) is 0 Å². The molecule has 0 N–H and O–H groups in total. The van der Waals surface area contributed by atoms with Crippen LogP contribution in [0.3, 0.4) is 0 Å². The summed E-state index contributed by atoms with van der Waals surface area (Å²) in [7, 11) is 1.54. The maximum atomic E-state index is 13.3. The van der Waals surface area contributed by atoms with E-state index < -0.39 is 11.6 Å². The number of benzene rings is 1. The third kappa shape index (κ3) is 3.85. The van der Waals surface area contributed by atoms with Crippen LogP contribution in [0.1, 0.15) is 12.8 Å². The van der Waals surface area contributed by atoms with Gasteiger partial charge < -0.3 is 14.2 Å². The molecule has 0 aliphatic carbocycles. The van der Waals surface area contributed by atoms with Crippen molar-refractivity contribution in [1.29, 1.82) is 0 Å². The van der Waals surface area contributed by atoms with Crippen LogP contribution in [0.5, 0.6) is 5.75 Å². The van der Waals surface area contributed by atoms with Gasteiger partial charge in [-0.25, -0.2) is 13.5 Å². The van der Waals surface area contributed by atoms with Gasteiger partial charge in [0.1, 0.15) is 29.2 Å². The second-order valence-corrected chi connectivity index (χ2v) is 6.49. The number of rotatable bonds is 4. The van der Waals surface area contributed by atoms with Crippen LogP contribution in [-0.2, 0) is 7.05 Å². The summed E-state index contributed by atoms with van der Waals surface area (Å²) >= 11 is 0. The van der Waals surface area contributed by atoms with Gasteiger partial charge in [0.2, 0.25) is 0 Å². The maximum absolute atomic E-state index is 13.3. The molecule has 3 aromatic rings. The fourth-order valence-electron chi connectivity index (χ4n) is 3.03. The van der Waals surface area contributed by atoms with Gasteiger partial charge in [-0.15, -0.1) is 0 Å². The third-order valence-corrected chi connectivity index (χ3v) is 4.46. The van der Waals surface area contributed by atoms with E-state index in [0.717, 1.165) is 6.07 Å². The van der Waals surface area contributed by atoms with Crippen molar-refractivity contribution in [2.24, 2.45) is 7.05 Å². The molecule has 3 heterocycles. The molecular weight excluding hydrogens is 372 g/mol. The SMILES string of the molecule is Cn1nc(-c2nc(N3CCC(Oc4cc(F)cc(F)c4)CC3)no2)ccc1=O. The number of anilines is 1. The molecule has 0 amide bonds. The number of halogens is 2. The lowest BCUT2D eigenvalue weighted by atomic mass is 10.1. The summed E-state index contributed by atoms with van der Waals surface area (Å²) in [6.07, 6.45) is 1.12. The number of aryl methyl sites for hydroxylation is 1. The van der Waals surface area contributed by atoms with Crippen molar-refractivity contribution >= 4 is 5.95 Å². The fraction of sp³-hybridized carbons (Fsp3) is 0.333. The quantitative estimate of drug-likeness (QED) is 0.676. The number of hydrogen-bond acceptors (Lipinski definition) is 7. The van der Waals surface area contributed by atoms with E-state index in [1.54, 1.807) is 7.05 Å². The molecule has 2 aromatic heterocycles. The van der Waals surface area contributed by atoms with E-state index >= 15 is 0 Å². The molecule has 8 nitrogen and oxygen atoms in total. The number of piperidine rings is 1. The largest absolute Gasteiger partial charge is 0.490 e. The monoisotopic (exact) mass is 389 g/mol. The van der Waals surface area contributed by atoms with Crippen molar-refractivity contribution in [1.82, 2.24) is 19.9 Å². The molecule has 0 spiro atoms. The van der Waals surface area contributed by atoms with Crippen molar-refractivity contribution < 1.29 is 18.0 Å². The Labute approximate surface area is 158 Å². The van der Waals surface area contributed by atoms with E-state index in [9.17, 15) is 13.6 Å². The predicted octanol–water partition coefficient (Wildman–Crippen LogP) is 2.16. The van der Waals surface area contributed by atoms with Gasteiger partial charge in [-0.2, -0.15) is 10.1 Å². The standard InChI is InChI=1S/C18H17F2N5O3/c1-24-16(26)3-2-15(22-24)17-21-18(23-28-17)25-6-4-13(5-7-25)27-14-9-11(19)8-12(20)10-14/h2-3,8-10,13H,4-7H2,1H3. The molecule has 1 aliphatic heterocycles. The van der Waals surface area contributed by atoms with Crippen LogP contribution in [0.2, 0.25) is 0 Å². The normalized spacial score (nSPS) is 15.0. The number of hydrogen-bond donors (Lipinski definition) is 0. The molecule has 4 rings (SSSR count). The van der Waals surface area contributed by atoms with Crippen molar-refractivity contribution in [3.63, 3.8) is 0 Å². The zero-order chi connectivity index (χ0) is 19.7. The van der Waals surface area contributed by atoms with E-state index in [0.29, 0.717) is 37.6 Å². The molecule has 0 bridgehead atoms. The van der Waals surface area contributed by atoms with Gasteiger partial charge in [0.25, 0.3) is 17.4 Å². The highest BCUT2D eigenvalue weighted by Crippen LogP contribution is 2.24. The lowest BCUT2D eigenvalue weighted by Crippen LogP contribution is -2.38. The summed E-state index contributed by atoms with van der Waals surface area (Å²) < 4.78 is 38.7. The van der Waals surface area contributed by atoms with Gasteiger partial charge in [0, 0.05) is 57.2 Å². The first kappa shape index (κ1) is 18.1. The molecule has 146 valence electrons. The zero-order valence-corrected chi connectivity index (χ0v) is 15.0. The number of ether oxygens (including phenoxy) is 1. The highest BCUT2D eigenvalue weighted by molar-refractivity contribution is 5.48. The van der Waals surface area contributed by atoms with Gasteiger partial charge in [-0.1, -0.05) is 0 Å². The van der Waals surface area contributed by atoms with Crippen LogP contribution in [0.25, 0.3) is 11.6 Å². The van der Waals surface area contributed by atoms with E-state index in [1.807, 2.05) is 4.90 Å². The summed E-state index contributed by atoms with van der Waals surface area (Å²) in [5.74, 6) is -0.517. The van der Waals surface area contributed by atoms with Gasteiger partial charge in [-0.05, 0) is 11.2 Å². The highest BCUT2D eigenvalue weighted by atomic mass is 19.1. The smallest absolute Gasteiger partial charge is 0.279 e. The van der Waals surface area contributed by atoms with Gasteiger partial charge >= 0.3 is 0 Å². The summed E-state index contributed by atoms with van der Waals surface area (Å²) in [6, 6.07) is 6.05. The molecule has 1 fully saturated rings. The second kappa shape index (κ2) is 7.37. The Balaban J connectivity index is 1.39. The maximum Gasteiger partial charge on any atom is 0.279 e. The Morgan fingerprint density at radius 3 is 2.54 bits per heavy atom. The van der Waals surface area contributed by atoms with Crippen molar-refractivity contribution in [3.05, 3.63) is 52.3 Å². The first-order valence-corrected chi connectivity index (χ1v) is 8.74. The molecule has 0 atom stereocenters. The molecule has 0 saturated carbocycles. The topological polar surface area (TPSA) is 86.3 Å². The summed E-state index contributed by atoms with van der Waals surface area (Å²) in [4.78, 5) is 17.7. The molecule has 1 aliphatic rings. The summed E-state index contributed by atoms with van der Waals surface area (Å²) in [6.45, 7) is 1.20.